The minimum atomic E-state index is 0.404. The first-order valence-electron chi connectivity index (χ1n) is 5.48. The normalized spacial score (nSPS) is 36.2. The average Bonchev–Trinajstić information content (AvgIpc) is 2.01. The van der Waals surface area contributed by atoms with Gasteiger partial charge in [0.1, 0.15) is 0 Å². The maximum atomic E-state index is 5.60. The van der Waals surface area contributed by atoms with Crippen molar-refractivity contribution < 1.29 is 4.74 Å². The third kappa shape index (κ3) is 2.70. The molecule has 3 atom stereocenters. The molecular weight excluding hydrogens is 160 g/mol. The highest BCUT2D eigenvalue weighted by molar-refractivity contribution is 4.86. The molecule has 0 N–H and O–H groups in total. The first-order chi connectivity index (χ1) is 5.95. The highest BCUT2D eigenvalue weighted by atomic mass is 16.5. The average molecular weight is 184 g/mol. The molecule has 1 heteroatoms. The monoisotopic (exact) mass is 184 g/mol. The van der Waals surface area contributed by atoms with Crippen molar-refractivity contribution in [3.63, 3.8) is 0 Å². The van der Waals surface area contributed by atoms with E-state index < -0.39 is 0 Å². The molecule has 0 radical (unpaired) electrons. The van der Waals surface area contributed by atoms with Crippen LogP contribution in [0.5, 0.6) is 0 Å². The summed E-state index contributed by atoms with van der Waals surface area (Å²) in [5, 5.41) is 0. The minimum absolute atomic E-state index is 0.404. The third-order valence-corrected chi connectivity index (χ3v) is 3.47. The first kappa shape index (κ1) is 11.0. The van der Waals surface area contributed by atoms with Crippen molar-refractivity contribution in [2.75, 3.05) is 7.11 Å². The lowest BCUT2D eigenvalue weighted by Gasteiger charge is -2.41. The van der Waals surface area contributed by atoms with Crippen molar-refractivity contribution in [1.82, 2.24) is 0 Å². The summed E-state index contributed by atoms with van der Waals surface area (Å²) in [4.78, 5) is 0. The van der Waals surface area contributed by atoms with E-state index in [1.165, 1.54) is 19.3 Å². The van der Waals surface area contributed by atoms with E-state index in [9.17, 15) is 0 Å². The van der Waals surface area contributed by atoms with Crippen molar-refractivity contribution >= 4 is 0 Å². The van der Waals surface area contributed by atoms with Crippen molar-refractivity contribution in [3.05, 3.63) is 0 Å². The quantitative estimate of drug-likeness (QED) is 0.606. The zero-order valence-corrected chi connectivity index (χ0v) is 9.76. The Morgan fingerprint density at radius 1 is 1.15 bits per heavy atom. The Morgan fingerprint density at radius 2 is 1.77 bits per heavy atom. The van der Waals surface area contributed by atoms with Gasteiger partial charge in [-0.05, 0) is 30.1 Å². The van der Waals surface area contributed by atoms with Crippen LogP contribution in [0.25, 0.3) is 0 Å². The van der Waals surface area contributed by atoms with E-state index in [0.29, 0.717) is 11.5 Å². The molecule has 0 saturated heterocycles. The van der Waals surface area contributed by atoms with Gasteiger partial charge in [-0.1, -0.05) is 34.1 Å². The molecule has 0 heterocycles. The Hall–Kier alpha value is -0.0400. The Morgan fingerprint density at radius 3 is 2.23 bits per heavy atom. The molecule has 0 amide bonds. The maximum Gasteiger partial charge on any atom is 0.0607 e. The van der Waals surface area contributed by atoms with Crippen LogP contribution < -0.4 is 0 Å². The van der Waals surface area contributed by atoms with Gasteiger partial charge in [-0.15, -0.1) is 0 Å². The molecule has 0 aromatic rings. The van der Waals surface area contributed by atoms with Crippen molar-refractivity contribution in [3.8, 4) is 0 Å². The number of methoxy groups -OCH3 is 1. The molecule has 1 aliphatic rings. The minimum Gasteiger partial charge on any atom is -0.381 e. The van der Waals surface area contributed by atoms with Crippen LogP contribution in [0.4, 0.5) is 0 Å². The van der Waals surface area contributed by atoms with Crippen LogP contribution in [0.3, 0.4) is 0 Å². The Bertz CT molecular complexity index is 157. The van der Waals surface area contributed by atoms with Gasteiger partial charge in [-0.25, -0.2) is 0 Å². The largest absolute Gasteiger partial charge is 0.381 e. The standard InChI is InChI=1S/C12H24O/c1-9-6-7-10(12(2,3)4)11(8-9)13-5/h9-11H,6-8H2,1-5H3. The Kier molecular flexibility index (Phi) is 3.39. The number of hydrogen-bond donors (Lipinski definition) is 0. The van der Waals surface area contributed by atoms with Gasteiger partial charge in [-0.2, -0.15) is 0 Å². The van der Waals surface area contributed by atoms with E-state index in [0.717, 1.165) is 11.8 Å². The molecule has 13 heavy (non-hydrogen) atoms. The lowest BCUT2D eigenvalue weighted by Crippen LogP contribution is -2.38. The van der Waals surface area contributed by atoms with Gasteiger partial charge in [0.2, 0.25) is 0 Å². The molecule has 78 valence electrons. The summed E-state index contributed by atoms with van der Waals surface area (Å²) in [5.74, 6) is 1.59. The fourth-order valence-electron chi connectivity index (χ4n) is 2.58. The molecule has 1 rings (SSSR count). The van der Waals surface area contributed by atoms with Crippen LogP contribution in [-0.2, 0) is 4.74 Å². The molecule has 1 aliphatic carbocycles. The van der Waals surface area contributed by atoms with Crippen molar-refractivity contribution in [1.29, 1.82) is 0 Å². The van der Waals surface area contributed by atoms with Crippen LogP contribution in [-0.4, -0.2) is 13.2 Å². The SMILES string of the molecule is COC1CC(C)CCC1C(C)(C)C. The predicted molar refractivity (Wildman–Crippen MR) is 56.8 cm³/mol. The molecule has 0 bridgehead atoms. The first-order valence-corrected chi connectivity index (χ1v) is 5.48. The van der Waals surface area contributed by atoms with Gasteiger partial charge in [0.05, 0.1) is 6.10 Å². The van der Waals surface area contributed by atoms with Crippen LogP contribution in [0.15, 0.2) is 0 Å². The lowest BCUT2D eigenvalue weighted by atomic mass is 9.68. The predicted octanol–water partition coefficient (Wildman–Crippen LogP) is 3.48. The lowest BCUT2D eigenvalue weighted by molar-refractivity contribution is -0.0352. The van der Waals surface area contributed by atoms with E-state index in [1.54, 1.807) is 0 Å². The Balaban J connectivity index is 2.63. The molecule has 1 nitrogen and oxygen atoms in total. The van der Waals surface area contributed by atoms with Gasteiger partial charge >= 0.3 is 0 Å². The van der Waals surface area contributed by atoms with Gasteiger partial charge in [0.25, 0.3) is 0 Å². The number of hydrogen-bond acceptors (Lipinski definition) is 1. The summed E-state index contributed by atoms with van der Waals surface area (Å²) in [7, 11) is 1.86. The summed E-state index contributed by atoms with van der Waals surface area (Å²) < 4.78 is 5.60. The summed E-state index contributed by atoms with van der Waals surface area (Å²) >= 11 is 0. The second kappa shape index (κ2) is 4.00. The molecular formula is C12H24O. The van der Waals surface area contributed by atoms with Crippen molar-refractivity contribution in [2.24, 2.45) is 17.3 Å². The number of rotatable bonds is 1. The highest BCUT2D eigenvalue weighted by Crippen LogP contribution is 2.40. The summed E-state index contributed by atoms with van der Waals surface area (Å²) in [6.07, 6.45) is 4.45. The molecule has 0 spiro atoms. The zero-order valence-electron chi connectivity index (χ0n) is 9.76. The number of ether oxygens (including phenoxy) is 1. The van der Waals surface area contributed by atoms with Gasteiger partial charge in [0.15, 0.2) is 0 Å². The highest BCUT2D eigenvalue weighted by Gasteiger charge is 2.36. The van der Waals surface area contributed by atoms with E-state index >= 15 is 0 Å². The molecule has 3 unspecified atom stereocenters. The summed E-state index contributed by atoms with van der Waals surface area (Å²) in [5.41, 5.74) is 0.404. The van der Waals surface area contributed by atoms with Crippen LogP contribution >= 0.6 is 0 Å². The smallest absolute Gasteiger partial charge is 0.0607 e. The molecule has 1 fully saturated rings. The van der Waals surface area contributed by atoms with Gasteiger partial charge in [-0.3, -0.25) is 0 Å². The second-order valence-corrected chi connectivity index (χ2v) is 5.66. The molecule has 0 aromatic carbocycles. The Labute approximate surface area is 82.9 Å². The van der Waals surface area contributed by atoms with Crippen LogP contribution in [0.2, 0.25) is 0 Å². The second-order valence-electron chi connectivity index (χ2n) is 5.66. The van der Waals surface area contributed by atoms with E-state index in [2.05, 4.69) is 27.7 Å². The van der Waals surface area contributed by atoms with Crippen molar-refractivity contribution in [2.45, 2.75) is 53.1 Å². The van der Waals surface area contributed by atoms with Crippen LogP contribution in [0.1, 0.15) is 47.0 Å². The van der Waals surface area contributed by atoms with Crippen LogP contribution in [0, 0.1) is 17.3 Å². The molecule has 0 aliphatic heterocycles. The molecule has 0 aromatic heterocycles. The summed E-state index contributed by atoms with van der Waals surface area (Å²) in [6, 6.07) is 0. The molecule has 1 saturated carbocycles. The maximum absolute atomic E-state index is 5.60. The van der Waals surface area contributed by atoms with Gasteiger partial charge < -0.3 is 4.74 Å². The van der Waals surface area contributed by atoms with E-state index in [-0.39, 0.29) is 0 Å². The van der Waals surface area contributed by atoms with E-state index in [4.69, 9.17) is 4.74 Å². The zero-order chi connectivity index (χ0) is 10.1. The fourth-order valence-corrected chi connectivity index (χ4v) is 2.58. The van der Waals surface area contributed by atoms with Gasteiger partial charge in [0, 0.05) is 7.11 Å². The topological polar surface area (TPSA) is 9.23 Å². The fraction of sp³-hybridized carbons (Fsp3) is 1.00. The van der Waals surface area contributed by atoms with E-state index in [1.807, 2.05) is 7.11 Å². The summed E-state index contributed by atoms with van der Waals surface area (Å²) in [6.45, 7) is 9.34. The third-order valence-electron chi connectivity index (χ3n) is 3.47.